The Hall–Kier alpha value is -7.25. The SMILES string of the molecule is O=S1(=O)c2ccccc2C2(c3ccccc3Oc3ccccc32)c2ccc3c(c21)c1ccccc1n3-c1ccc([Si](c2ccccc2)(c2ccccc2)c2ccccc2)cc1. The van der Waals surface area contributed by atoms with E-state index in [9.17, 15) is 0 Å². The van der Waals surface area contributed by atoms with Gasteiger partial charge in [-0.3, -0.25) is 0 Å². The topological polar surface area (TPSA) is 48.3 Å². The maximum atomic E-state index is 15.5. The number of hydrogen-bond acceptors (Lipinski definition) is 3. The molecule has 9 aromatic carbocycles. The van der Waals surface area contributed by atoms with E-state index in [1.165, 1.54) is 20.7 Å². The fraction of sp³-hybridized carbons (Fsp3) is 0.0182. The van der Waals surface area contributed by atoms with Crippen molar-refractivity contribution in [1.29, 1.82) is 0 Å². The summed E-state index contributed by atoms with van der Waals surface area (Å²) < 4.78 is 39.8. The lowest BCUT2D eigenvalue weighted by Gasteiger charge is -2.45. The predicted octanol–water partition coefficient (Wildman–Crippen LogP) is 9.80. The number of para-hydroxylation sites is 3. The zero-order valence-electron chi connectivity index (χ0n) is 32.9. The van der Waals surface area contributed by atoms with Gasteiger partial charge in [-0.05, 0) is 74.3 Å². The van der Waals surface area contributed by atoms with Crippen LogP contribution in [0, 0.1) is 0 Å². The molecule has 0 aliphatic carbocycles. The fourth-order valence-corrected chi connectivity index (χ4v) is 17.4. The van der Waals surface area contributed by atoms with E-state index in [1.807, 2.05) is 66.7 Å². The van der Waals surface area contributed by atoms with E-state index in [0.29, 0.717) is 26.7 Å². The monoisotopic (exact) mass is 819 g/mol. The van der Waals surface area contributed by atoms with Gasteiger partial charge >= 0.3 is 0 Å². The van der Waals surface area contributed by atoms with Crippen LogP contribution in [0.25, 0.3) is 27.5 Å². The van der Waals surface area contributed by atoms with Crippen LogP contribution in [-0.2, 0) is 15.3 Å². The maximum absolute atomic E-state index is 15.5. The molecule has 61 heavy (non-hydrogen) atoms. The molecule has 0 saturated heterocycles. The third-order valence-corrected chi connectivity index (χ3v) is 19.7. The van der Waals surface area contributed by atoms with E-state index in [-0.39, 0.29) is 0 Å². The van der Waals surface area contributed by atoms with Gasteiger partial charge in [0.25, 0.3) is 0 Å². The molecule has 0 radical (unpaired) electrons. The molecular formula is C55H37NO3SSi. The molecule has 3 heterocycles. The van der Waals surface area contributed by atoms with Gasteiger partial charge in [-0.25, -0.2) is 8.42 Å². The molecule has 12 rings (SSSR count). The highest BCUT2D eigenvalue weighted by Crippen LogP contribution is 2.61. The molecule has 2 aliphatic rings. The molecule has 6 heteroatoms. The minimum absolute atomic E-state index is 0.312. The third-order valence-electron chi connectivity index (χ3n) is 13.0. The van der Waals surface area contributed by atoms with Crippen LogP contribution in [0.1, 0.15) is 22.3 Å². The van der Waals surface area contributed by atoms with Crippen LogP contribution in [0.5, 0.6) is 11.5 Å². The molecule has 10 aromatic rings. The minimum Gasteiger partial charge on any atom is -0.457 e. The van der Waals surface area contributed by atoms with Gasteiger partial charge in [-0.15, -0.1) is 0 Å². The van der Waals surface area contributed by atoms with Gasteiger partial charge in [-0.2, -0.15) is 0 Å². The van der Waals surface area contributed by atoms with Crippen molar-refractivity contribution < 1.29 is 13.2 Å². The molecule has 0 atom stereocenters. The second-order valence-electron chi connectivity index (χ2n) is 15.9. The Morgan fingerprint density at radius 1 is 0.410 bits per heavy atom. The molecular weight excluding hydrogens is 783 g/mol. The Morgan fingerprint density at radius 2 is 0.885 bits per heavy atom. The number of fused-ring (bicyclic) bond motifs is 12. The Labute approximate surface area is 355 Å². The number of sulfone groups is 1. The first kappa shape index (κ1) is 35.7. The lowest BCUT2D eigenvalue weighted by Crippen LogP contribution is -2.74. The highest BCUT2D eigenvalue weighted by molar-refractivity contribution is 7.92. The number of aromatic nitrogens is 1. The quantitative estimate of drug-likeness (QED) is 0.128. The number of rotatable bonds is 5. The van der Waals surface area contributed by atoms with Gasteiger partial charge in [0.15, 0.2) is 8.07 Å². The number of benzene rings is 9. The van der Waals surface area contributed by atoms with Crippen LogP contribution >= 0.6 is 0 Å². The van der Waals surface area contributed by atoms with Crippen molar-refractivity contribution in [3.05, 3.63) is 247 Å². The van der Waals surface area contributed by atoms with Gasteiger partial charge in [-0.1, -0.05) is 182 Å². The first-order valence-electron chi connectivity index (χ1n) is 20.6. The first-order chi connectivity index (χ1) is 30.0. The molecule has 1 spiro atoms. The van der Waals surface area contributed by atoms with Crippen LogP contribution in [0.3, 0.4) is 0 Å². The van der Waals surface area contributed by atoms with Crippen molar-refractivity contribution in [3.8, 4) is 17.2 Å². The molecule has 1 aromatic heterocycles. The molecule has 0 fully saturated rings. The summed E-state index contributed by atoms with van der Waals surface area (Å²) in [4.78, 5) is 0.650. The van der Waals surface area contributed by atoms with Gasteiger partial charge in [0.1, 0.15) is 11.5 Å². The summed E-state index contributed by atoms with van der Waals surface area (Å²) >= 11 is 0. The van der Waals surface area contributed by atoms with Crippen LogP contribution in [-0.4, -0.2) is 21.1 Å². The van der Waals surface area contributed by atoms with Crippen molar-refractivity contribution >= 4 is 60.5 Å². The van der Waals surface area contributed by atoms with Crippen molar-refractivity contribution in [3.63, 3.8) is 0 Å². The lowest BCUT2D eigenvalue weighted by atomic mass is 9.63. The van der Waals surface area contributed by atoms with E-state index in [0.717, 1.165) is 44.4 Å². The van der Waals surface area contributed by atoms with Gasteiger partial charge < -0.3 is 9.30 Å². The van der Waals surface area contributed by atoms with Crippen LogP contribution in [0.4, 0.5) is 0 Å². The minimum atomic E-state index is -4.04. The Kier molecular flexibility index (Phi) is 7.82. The van der Waals surface area contributed by atoms with E-state index in [2.05, 4.69) is 156 Å². The molecule has 2 aliphatic heterocycles. The second kappa shape index (κ2) is 13.4. The van der Waals surface area contributed by atoms with E-state index in [4.69, 9.17) is 4.74 Å². The summed E-state index contributed by atoms with van der Waals surface area (Å²) in [5.74, 6) is 1.43. The molecule has 0 N–H and O–H groups in total. The summed E-state index contributed by atoms with van der Waals surface area (Å²) in [5, 5.41) is 6.77. The van der Waals surface area contributed by atoms with Gasteiger partial charge in [0, 0.05) is 27.6 Å². The summed E-state index contributed by atoms with van der Waals surface area (Å²) in [6.45, 7) is 0. The smallest absolute Gasteiger partial charge is 0.207 e. The Morgan fingerprint density at radius 3 is 1.48 bits per heavy atom. The highest BCUT2D eigenvalue weighted by atomic mass is 32.2. The van der Waals surface area contributed by atoms with Crippen LogP contribution < -0.4 is 25.5 Å². The third kappa shape index (κ3) is 4.83. The summed E-state index contributed by atoms with van der Waals surface area (Å²) in [7, 11) is -6.80. The zero-order chi connectivity index (χ0) is 40.8. The largest absolute Gasteiger partial charge is 0.457 e. The molecule has 290 valence electrons. The molecule has 0 unspecified atom stereocenters. The highest BCUT2D eigenvalue weighted by Gasteiger charge is 2.53. The molecule has 4 nitrogen and oxygen atoms in total. The average Bonchev–Trinajstić information content (AvgIpc) is 3.66. The normalized spacial score (nSPS) is 14.4. The number of hydrogen-bond donors (Lipinski definition) is 0. The summed E-state index contributed by atoms with van der Waals surface area (Å²) in [5.41, 5.74) is 5.05. The second-order valence-corrected chi connectivity index (χ2v) is 21.6. The summed E-state index contributed by atoms with van der Waals surface area (Å²) in [6.07, 6.45) is 0. The van der Waals surface area contributed by atoms with E-state index in [1.54, 1.807) is 6.07 Å². The molecule has 0 saturated carbocycles. The van der Waals surface area contributed by atoms with Crippen molar-refractivity contribution in [1.82, 2.24) is 4.57 Å². The van der Waals surface area contributed by atoms with E-state index >= 15 is 8.42 Å². The lowest BCUT2D eigenvalue weighted by molar-refractivity contribution is 0.430. The molecule has 0 bridgehead atoms. The number of nitrogens with zero attached hydrogens (tertiary/aromatic N) is 1. The van der Waals surface area contributed by atoms with Gasteiger partial charge in [0.2, 0.25) is 9.84 Å². The average molecular weight is 820 g/mol. The fourth-order valence-electron chi connectivity index (χ4n) is 10.6. The van der Waals surface area contributed by atoms with Gasteiger partial charge in [0.05, 0.1) is 26.2 Å². The number of ether oxygens (including phenoxy) is 1. The van der Waals surface area contributed by atoms with Crippen LogP contribution in [0.2, 0.25) is 0 Å². The van der Waals surface area contributed by atoms with Crippen molar-refractivity contribution in [2.24, 2.45) is 0 Å². The van der Waals surface area contributed by atoms with Crippen molar-refractivity contribution in [2.45, 2.75) is 15.2 Å². The zero-order valence-corrected chi connectivity index (χ0v) is 34.8. The van der Waals surface area contributed by atoms with E-state index < -0.39 is 23.3 Å². The van der Waals surface area contributed by atoms with Crippen LogP contribution in [0.15, 0.2) is 234 Å². The molecule has 0 amide bonds. The summed E-state index contributed by atoms with van der Waals surface area (Å²) in [6, 6.07) is 77.8. The maximum Gasteiger partial charge on any atom is 0.207 e. The Bertz CT molecular complexity index is 3310. The van der Waals surface area contributed by atoms with Crippen molar-refractivity contribution in [2.75, 3.05) is 0 Å². The Balaban J connectivity index is 1.15. The predicted molar refractivity (Wildman–Crippen MR) is 248 cm³/mol. The first-order valence-corrected chi connectivity index (χ1v) is 24.1. The standard InChI is InChI=1S/C55H37NO3SSi/c57-60(58)52-31-17-13-27-46(52)55(44-25-11-15-29-50(44)59-51-30-16-12-26-45(51)55)47-36-37-49-53(54(47)60)43-24-10-14-28-48(43)56(49)38-32-34-42(35-33-38)61(39-18-4-1-5-19-39,40-20-6-2-7-21-40)41-22-8-3-9-23-41/h1-37H.